The number of nitrogens with zero attached hydrogens (tertiary/aromatic N) is 1. The molecule has 0 bridgehead atoms. The highest BCUT2D eigenvalue weighted by Gasteiger charge is 2.08. The van der Waals surface area contributed by atoms with Gasteiger partial charge in [0.05, 0.1) is 19.0 Å². The summed E-state index contributed by atoms with van der Waals surface area (Å²) >= 11 is 0. The summed E-state index contributed by atoms with van der Waals surface area (Å²) < 4.78 is 5.01. The van der Waals surface area contributed by atoms with Crippen LogP contribution in [0.4, 0.5) is 5.69 Å². The standard InChI is InChI=1S/C8H13N3O/c1-5(9)7-3-6(10)4-11-8(7)12-2/h3-5H,9-10H2,1-2H3/t5-/m0/s1. The van der Waals surface area contributed by atoms with Crippen molar-refractivity contribution < 1.29 is 4.74 Å². The molecule has 0 radical (unpaired) electrons. The summed E-state index contributed by atoms with van der Waals surface area (Å²) in [4.78, 5) is 3.99. The third-order valence-electron chi connectivity index (χ3n) is 1.58. The van der Waals surface area contributed by atoms with Gasteiger partial charge in [-0.3, -0.25) is 0 Å². The van der Waals surface area contributed by atoms with Gasteiger partial charge in [-0.2, -0.15) is 0 Å². The largest absolute Gasteiger partial charge is 0.481 e. The summed E-state index contributed by atoms with van der Waals surface area (Å²) in [5.41, 5.74) is 12.7. The van der Waals surface area contributed by atoms with Crippen LogP contribution in [0.3, 0.4) is 0 Å². The molecule has 1 aromatic heterocycles. The van der Waals surface area contributed by atoms with Crippen molar-refractivity contribution in [2.24, 2.45) is 5.73 Å². The van der Waals surface area contributed by atoms with Gasteiger partial charge in [0.1, 0.15) is 0 Å². The molecule has 66 valence electrons. The predicted octanol–water partition coefficient (Wildman–Crippen LogP) is 0.692. The fourth-order valence-corrected chi connectivity index (χ4v) is 0.983. The van der Waals surface area contributed by atoms with E-state index in [9.17, 15) is 0 Å². The second kappa shape index (κ2) is 3.40. The van der Waals surface area contributed by atoms with Crippen LogP contribution in [0, 0.1) is 0 Å². The number of nitrogens with two attached hydrogens (primary N) is 2. The van der Waals surface area contributed by atoms with Crippen LogP contribution >= 0.6 is 0 Å². The van der Waals surface area contributed by atoms with Crippen LogP contribution in [0.1, 0.15) is 18.5 Å². The maximum absolute atomic E-state index is 5.68. The fraction of sp³-hybridized carbons (Fsp3) is 0.375. The maximum atomic E-state index is 5.68. The minimum atomic E-state index is -0.115. The number of hydrogen-bond acceptors (Lipinski definition) is 4. The number of aromatic nitrogens is 1. The van der Waals surface area contributed by atoms with E-state index in [0.717, 1.165) is 5.56 Å². The van der Waals surface area contributed by atoms with Crippen LogP contribution in [-0.2, 0) is 0 Å². The lowest BCUT2D eigenvalue weighted by Gasteiger charge is -2.10. The van der Waals surface area contributed by atoms with Crippen LogP contribution in [-0.4, -0.2) is 12.1 Å². The van der Waals surface area contributed by atoms with E-state index in [4.69, 9.17) is 16.2 Å². The molecule has 0 aliphatic carbocycles. The SMILES string of the molecule is COc1ncc(N)cc1[C@H](C)N. The predicted molar refractivity (Wildman–Crippen MR) is 47.8 cm³/mol. The van der Waals surface area contributed by atoms with Crippen molar-refractivity contribution in [3.8, 4) is 5.88 Å². The normalized spacial score (nSPS) is 12.6. The maximum Gasteiger partial charge on any atom is 0.217 e. The molecule has 1 aromatic rings. The summed E-state index contributed by atoms with van der Waals surface area (Å²) in [6.45, 7) is 1.86. The molecule has 12 heavy (non-hydrogen) atoms. The summed E-state index contributed by atoms with van der Waals surface area (Å²) in [5.74, 6) is 0.541. The topological polar surface area (TPSA) is 74.2 Å². The van der Waals surface area contributed by atoms with Gasteiger partial charge in [-0.05, 0) is 13.0 Å². The number of ether oxygens (including phenoxy) is 1. The van der Waals surface area contributed by atoms with E-state index >= 15 is 0 Å². The third kappa shape index (κ3) is 1.65. The number of pyridine rings is 1. The molecule has 0 unspecified atom stereocenters. The highest BCUT2D eigenvalue weighted by molar-refractivity contribution is 5.43. The second-order valence-electron chi connectivity index (χ2n) is 2.66. The highest BCUT2D eigenvalue weighted by Crippen LogP contribution is 2.22. The molecule has 0 aliphatic heterocycles. The lowest BCUT2D eigenvalue weighted by molar-refractivity contribution is 0.390. The Morgan fingerprint density at radius 3 is 2.75 bits per heavy atom. The van der Waals surface area contributed by atoms with E-state index in [2.05, 4.69) is 4.98 Å². The quantitative estimate of drug-likeness (QED) is 0.679. The zero-order chi connectivity index (χ0) is 9.14. The van der Waals surface area contributed by atoms with Gasteiger partial charge < -0.3 is 16.2 Å². The zero-order valence-electron chi connectivity index (χ0n) is 7.24. The Morgan fingerprint density at radius 2 is 2.25 bits per heavy atom. The second-order valence-corrected chi connectivity index (χ2v) is 2.66. The van der Waals surface area contributed by atoms with Gasteiger partial charge in [-0.15, -0.1) is 0 Å². The van der Waals surface area contributed by atoms with Crippen LogP contribution < -0.4 is 16.2 Å². The molecule has 0 fully saturated rings. The lowest BCUT2D eigenvalue weighted by Crippen LogP contribution is -2.08. The first-order chi connectivity index (χ1) is 5.65. The van der Waals surface area contributed by atoms with Crippen molar-refractivity contribution >= 4 is 5.69 Å². The van der Waals surface area contributed by atoms with Crippen LogP contribution in [0.5, 0.6) is 5.88 Å². The number of nitrogen functional groups attached to an aromatic ring is 1. The van der Waals surface area contributed by atoms with Crippen LogP contribution in [0.2, 0.25) is 0 Å². The number of rotatable bonds is 2. The molecule has 1 atom stereocenters. The molecule has 0 spiro atoms. The van der Waals surface area contributed by atoms with Gasteiger partial charge in [-0.25, -0.2) is 4.98 Å². The Bertz CT molecular complexity index is 273. The summed E-state index contributed by atoms with van der Waals surface area (Å²) in [7, 11) is 1.56. The molecule has 0 amide bonds. The van der Waals surface area contributed by atoms with Gasteiger partial charge >= 0.3 is 0 Å². The number of hydrogen-bond donors (Lipinski definition) is 2. The van der Waals surface area contributed by atoms with E-state index in [-0.39, 0.29) is 6.04 Å². The Balaban J connectivity index is 3.12. The van der Waals surface area contributed by atoms with Gasteiger partial charge in [0.15, 0.2) is 0 Å². The average molecular weight is 167 g/mol. The minimum absolute atomic E-state index is 0.115. The molecule has 4 N–H and O–H groups in total. The molecule has 1 rings (SSSR count). The molecular weight excluding hydrogens is 154 g/mol. The monoisotopic (exact) mass is 167 g/mol. The van der Waals surface area contributed by atoms with Gasteiger partial charge in [0.2, 0.25) is 5.88 Å². The first-order valence-corrected chi connectivity index (χ1v) is 3.70. The van der Waals surface area contributed by atoms with Crippen molar-refractivity contribution in [2.75, 3.05) is 12.8 Å². The van der Waals surface area contributed by atoms with Crippen molar-refractivity contribution in [3.63, 3.8) is 0 Å². The van der Waals surface area contributed by atoms with E-state index in [1.807, 2.05) is 6.92 Å². The zero-order valence-corrected chi connectivity index (χ0v) is 7.24. The Kier molecular flexibility index (Phi) is 2.50. The fourth-order valence-electron chi connectivity index (χ4n) is 0.983. The van der Waals surface area contributed by atoms with Crippen molar-refractivity contribution in [1.29, 1.82) is 0 Å². The molecule has 0 saturated heterocycles. The summed E-state index contributed by atoms with van der Waals surface area (Å²) in [6, 6.07) is 1.66. The molecule has 4 nitrogen and oxygen atoms in total. The Labute approximate surface area is 71.5 Å². The van der Waals surface area contributed by atoms with Crippen molar-refractivity contribution in [2.45, 2.75) is 13.0 Å². The van der Waals surface area contributed by atoms with Crippen molar-refractivity contribution in [1.82, 2.24) is 4.98 Å². The van der Waals surface area contributed by atoms with Gasteiger partial charge in [-0.1, -0.05) is 0 Å². The summed E-state index contributed by atoms with van der Waals surface area (Å²) in [5, 5.41) is 0. The minimum Gasteiger partial charge on any atom is -0.481 e. The van der Waals surface area contributed by atoms with Gasteiger partial charge in [0, 0.05) is 11.6 Å². The average Bonchev–Trinajstić information content (AvgIpc) is 2.04. The van der Waals surface area contributed by atoms with Crippen LogP contribution in [0.25, 0.3) is 0 Å². The lowest BCUT2D eigenvalue weighted by atomic mass is 10.1. The molecule has 1 heterocycles. The number of anilines is 1. The molecule has 4 heteroatoms. The van der Waals surface area contributed by atoms with E-state index in [0.29, 0.717) is 11.6 Å². The van der Waals surface area contributed by atoms with Gasteiger partial charge in [0.25, 0.3) is 0 Å². The first-order valence-electron chi connectivity index (χ1n) is 3.70. The highest BCUT2D eigenvalue weighted by atomic mass is 16.5. The molecule has 0 saturated carbocycles. The summed E-state index contributed by atoms with van der Waals surface area (Å²) in [6.07, 6.45) is 1.55. The number of methoxy groups -OCH3 is 1. The molecular formula is C8H13N3O. The van der Waals surface area contributed by atoms with E-state index in [1.165, 1.54) is 0 Å². The third-order valence-corrected chi connectivity index (χ3v) is 1.58. The van der Waals surface area contributed by atoms with Crippen LogP contribution in [0.15, 0.2) is 12.3 Å². The Morgan fingerprint density at radius 1 is 1.58 bits per heavy atom. The van der Waals surface area contributed by atoms with E-state index < -0.39 is 0 Å². The smallest absolute Gasteiger partial charge is 0.217 e. The van der Waals surface area contributed by atoms with E-state index in [1.54, 1.807) is 19.4 Å². The first kappa shape index (κ1) is 8.80. The molecule has 0 aliphatic rings. The van der Waals surface area contributed by atoms with Crippen molar-refractivity contribution in [3.05, 3.63) is 17.8 Å². The molecule has 0 aromatic carbocycles. The Hall–Kier alpha value is -1.29.